The zero-order valence-electron chi connectivity index (χ0n) is 15.4. The SMILES string of the molecule is CCOC(=O)[C@@H]1CC[C@@H]2CC=CC[C@H](NC(=O)OC(C)(C)C)C(=O)N21. The molecule has 7 nitrogen and oxygen atoms in total. The van der Waals surface area contributed by atoms with Gasteiger partial charge in [0, 0.05) is 6.04 Å². The van der Waals surface area contributed by atoms with Crippen LogP contribution < -0.4 is 5.32 Å². The van der Waals surface area contributed by atoms with Crippen molar-refractivity contribution in [1.29, 1.82) is 0 Å². The molecule has 0 aromatic heterocycles. The third-order valence-electron chi connectivity index (χ3n) is 4.25. The van der Waals surface area contributed by atoms with Gasteiger partial charge in [-0.2, -0.15) is 0 Å². The monoisotopic (exact) mass is 352 g/mol. The average Bonchev–Trinajstić information content (AvgIpc) is 2.90. The van der Waals surface area contributed by atoms with Crippen molar-refractivity contribution in [2.24, 2.45) is 0 Å². The van der Waals surface area contributed by atoms with Gasteiger partial charge in [0.1, 0.15) is 17.7 Å². The maximum absolute atomic E-state index is 13.0. The summed E-state index contributed by atoms with van der Waals surface area (Å²) in [6, 6.07) is -1.36. The third kappa shape index (κ3) is 4.96. The Morgan fingerprint density at radius 1 is 1.24 bits per heavy atom. The summed E-state index contributed by atoms with van der Waals surface area (Å²) in [4.78, 5) is 38.9. The second-order valence-electron chi connectivity index (χ2n) is 7.39. The number of alkyl carbamates (subject to hydrolysis) is 1. The van der Waals surface area contributed by atoms with E-state index in [0.29, 0.717) is 19.3 Å². The van der Waals surface area contributed by atoms with Gasteiger partial charge in [0.15, 0.2) is 0 Å². The van der Waals surface area contributed by atoms with E-state index in [1.807, 2.05) is 12.2 Å². The molecule has 2 rings (SSSR count). The zero-order valence-corrected chi connectivity index (χ0v) is 15.4. The number of ether oxygens (including phenoxy) is 2. The fourth-order valence-electron chi connectivity index (χ4n) is 3.25. The molecule has 0 saturated carbocycles. The first-order valence-electron chi connectivity index (χ1n) is 8.86. The normalized spacial score (nSPS) is 26.5. The highest BCUT2D eigenvalue weighted by Crippen LogP contribution is 2.30. The van der Waals surface area contributed by atoms with Gasteiger partial charge >= 0.3 is 12.1 Å². The highest BCUT2D eigenvalue weighted by molar-refractivity contribution is 5.90. The van der Waals surface area contributed by atoms with Gasteiger partial charge in [-0.05, 0) is 53.4 Å². The summed E-state index contributed by atoms with van der Waals surface area (Å²) in [6.45, 7) is 7.32. The van der Waals surface area contributed by atoms with Crippen LogP contribution >= 0.6 is 0 Å². The highest BCUT2D eigenvalue weighted by atomic mass is 16.6. The van der Waals surface area contributed by atoms with Gasteiger partial charge in [-0.15, -0.1) is 0 Å². The molecule has 140 valence electrons. The van der Waals surface area contributed by atoms with Crippen LogP contribution in [0.3, 0.4) is 0 Å². The van der Waals surface area contributed by atoms with Gasteiger partial charge in [0.25, 0.3) is 0 Å². The van der Waals surface area contributed by atoms with Gasteiger partial charge in [-0.25, -0.2) is 9.59 Å². The number of rotatable bonds is 3. The van der Waals surface area contributed by atoms with E-state index in [1.165, 1.54) is 0 Å². The van der Waals surface area contributed by atoms with Crippen LogP contribution in [0, 0.1) is 0 Å². The molecule has 7 heteroatoms. The Hall–Kier alpha value is -2.05. The Balaban J connectivity index is 2.15. The number of hydrogen-bond donors (Lipinski definition) is 1. The van der Waals surface area contributed by atoms with Crippen LogP contribution in [0.25, 0.3) is 0 Å². The summed E-state index contributed by atoms with van der Waals surface area (Å²) in [7, 11) is 0. The van der Waals surface area contributed by atoms with Crippen molar-refractivity contribution in [3.05, 3.63) is 12.2 Å². The van der Waals surface area contributed by atoms with Crippen LogP contribution in [0.5, 0.6) is 0 Å². The smallest absolute Gasteiger partial charge is 0.408 e. The number of esters is 1. The molecule has 25 heavy (non-hydrogen) atoms. The van der Waals surface area contributed by atoms with Gasteiger partial charge in [-0.1, -0.05) is 12.2 Å². The second-order valence-corrected chi connectivity index (χ2v) is 7.39. The van der Waals surface area contributed by atoms with Gasteiger partial charge in [0.2, 0.25) is 5.91 Å². The van der Waals surface area contributed by atoms with Crippen LogP contribution in [-0.2, 0) is 19.1 Å². The van der Waals surface area contributed by atoms with E-state index in [-0.39, 0.29) is 24.5 Å². The number of fused-ring (bicyclic) bond motifs is 1. The molecule has 2 heterocycles. The molecule has 1 saturated heterocycles. The van der Waals surface area contributed by atoms with Gasteiger partial charge < -0.3 is 19.7 Å². The molecule has 2 amide bonds. The zero-order chi connectivity index (χ0) is 18.6. The van der Waals surface area contributed by atoms with E-state index in [4.69, 9.17) is 9.47 Å². The minimum absolute atomic E-state index is 0.0404. The van der Waals surface area contributed by atoms with Crippen molar-refractivity contribution in [2.45, 2.75) is 77.1 Å². The molecule has 0 aromatic carbocycles. The quantitative estimate of drug-likeness (QED) is 0.621. The number of nitrogens with zero attached hydrogens (tertiary/aromatic N) is 1. The molecule has 0 radical (unpaired) electrons. The molecule has 0 spiro atoms. The van der Waals surface area contributed by atoms with Crippen LogP contribution in [0.2, 0.25) is 0 Å². The molecule has 2 aliphatic rings. The molecule has 0 aromatic rings. The standard InChI is InChI=1S/C18H28N2O5/c1-5-24-16(22)14-11-10-12-8-6-7-9-13(15(21)20(12)14)19-17(23)25-18(2,3)4/h6-7,12-14H,5,8-11H2,1-4H3,(H,19,23)/t12-,13-,14-/m0/s1. The Morgan fingerprint density at radius 3 is 2.56 bits per heavy atom. The van der Waals surface area contributed by atoms with E-state index in [2.05, 4.69) is 5.32 Å². The lowest BCUT2D eigenvalue weighted by molar-refractivity contribution is -0.154. The minimum atomic E-state index is -0.746. The molecular weight excluding hydrogens is 324 g/mol. The summed E-state index contributed by atoms with van der Waals surface area (Å²) in [5.41, 5.74) is -0.645. The van der Waals surface area contributed by atoms with Crippen molar-refractivity contribution < 1.29 is 23.9 Å². The first-order valence-corrected chi connectivity index (χ1v) is 8.86. The fourth-order valence-corrected chi connectivity index (χ4v) is 3.25. The van der Waals surface area contributed by atoms with Crippen molar-refractivity contribution in [3.63, 3.8) is 0 Å². The fraction of sp³-hybridized carbons (Fsp3) is 0.722. The van der Waals surface area contributed by atoms with Crippen LogP contribution in [-0.4, -0.2) is 53.2 Å². The van der Waals surface area contributed by atoms with Crippen LogP contribution in [0.15, 0.2) is 12.2 Å². The lowest BCUT2D eigenvalue weighted by atomic mass is 10.0. The Labute approximate surface area is 148 Å². The van der Waals surface area contributed by atoms with E-state index in [1.54, 1.807) is 32.6 Å². The predicted octanol–water partition coefficient (Wildman–Crippen LogP) is 2.15. The summed E-state index contributed by atoms with van der Waals surface area (Å²) >= 11 is 0. The maximum Gasteiger partial charge on any atom is 0.408 e. The third-order valence-corrected chi connectivity index (χ3v) is 4.25. The molecule has 0 aliphatic carbocycles. The first-order chi connectivity index (χ1) is 11.7. The molecule has 2 aliphatic heterocycles. The number of carbonyl (C=O) groups excluding carboxylic acids is 3. The Morgan fingerprint density at radius 2 is 1.92 bits per heavy atom. The molecule has 3 atom stereocenters. The summed E-state index contributed by atoms with van der Waals surface area (Å²) in [5, 5.41) is 2.64. The van der Waals surface area contributed by atoms with E-state index < -0.39 is 23.8 Å². The second kappa shape index (κ2) is 7.89. The van der Waals surface area contributed by atoms with Gasteiger partial charge in [0.05, 0.1) is 6.61 Å². The predicted molar refractivity (Wildman–Crippen MR) is 91.8 cm³/mol. The van der Waals surface area contributed by atoms with Crippen molar-refractivity contribution in [3.8, 4) is 0 Å². The maximum atomic E-state index is 13.0. The minimum Gasteiger partial charge on any atom is -0.464 e. The van der Waals surface area contributed by atoms with Gasteiger partial charge in [-0.3, -0.25) is 4.79 Å². The summed E-state index contributed by atoms with van der Waals surface area (Å²) in [6.07, 6.45) is 5.68. The van der Waals surface area contributed by atoms with E-state index in [9.17, 15) is 14.4 Å². The summed E-state index contributed by atoms with van der Waals surface area (Å²) < 4.78 is 10.4. The lowest BCUT2D eigenvalue weighted by Crippen LogP contribution is -2.55. The van der Waals surface area contributed by atoms with Crippen LogP contribution in [0.4, 0.5) is 4.79 Å². The number of carbonyl (C=O) groups is 3. The Kier molecular flexibility index (Phi) is 6.08. The molecule has 0 unspecified atom stereocenters. The average molecular weight is 352 g/mol. The van der Waals surface area contributed by atoms with E-state index >= 15 is 0 Å². The first kappa shape index (κ1) is 19.3. The number of amides is 2. The van der Waals surface area contributed by atoms with Crippen LogP contribution in [0.1, 0.15) is 53.4 Å². The van der Waals surface area contributed by atoms with E-state index in [0.717, 1.165) is 6.42 Å². The van der Waals surface area contributed by atoms with Crippen molar-refractivity contribution in [1.82, 2.24) is 10.2 Å². The topological polar surface area (TPSA) is 84.9 Å². The lowest BCUT2D eigenvalue weighted by Gasteiger charge is -2.33. The Bertz CT molecular complexity index is 552. The number of hydrogen-bond acceptors (Lipinski definition) is 5. The molecule has 1 N–H and O–H groups in total. The van der Waals surface area contributed by atoms with Crippen molar-refractivity contribution >= 4 is 18.0 Å². The van der Waals surface area contributed by atoms with Crippen molar-refractivity contribution in [2.75, 3.05) is 6.61 Å². The molecular formula is C18H28N2O5. The molecule has 0 bridgehead atoms. The number of nitrogens with one attached hydrogen (secondary N) is 1. The highest BCUT2D eigenvalue weighted by Gasteiger charge is 2.44. The summed E-state index contributed by atoms with van der Waals surface area (Å²) in [5.74, 6) is -0.630. The largest absolute Gasteiger partial charge is 0.464 e. The molecule has 1 fully saturated rings.